The SMILES string of the molecule is CCOC(=O)C(=C(Cl)Cl)c1cc(OC)c(Cl)cc1Cl. The molecule has 0 bridgehead atoms. The van der Waals surface area contributed by atoms with Crippen LogP contribution in [-0.2, 0) is 9.53 Å². The molecule has 1 aromatic rings. The molecule has 0 aromatic heterocycles. The van der Waals surface area contributed by atoms with Gasteiger partial charge in [-0.2, -0.15) is 0 Å². The Labute approximate surface area is 131 Å². The Morgan fingerprint density at radius 2 is 1.84 bits per heavy atom. The fraction of sp³-hybridized carbons (Fsp3) is 0.250. The minimum Gasteiger partial charge on any atom is -0.495 e. The van der Waals surface area contributed by atoms with Crippen molar-refractivity contribution in [3.8, 4) is 5.75 Å². The average molecular weight is 344 g/mol. The Morgan fingerprint density at radius 1 is 1.21 bits per heavy atom. The van der Waals surface area contributed by atoms with E-state index in [2.05, 4.69) is 0 Å². The van der Waals surface area contributed by atoms with Crippen LogP contribution < -0.4 is 4.74 Å². The maximum Gasteiger partial charge on any atom is 0.341 e. The minimum atomic E-state index is -0.672. The third-order valence-corrected chi connectivity index (χ3v) is 3.17. The van der Waals surface area contributed by atoms with Gasteiger partial charge in [0, 0.05) is 5.56 Å². The molecular formula is C12H10Cl4O3. The van der Waals surface area contributed by atoms with Crippen molar-refractivity contribution in [2.75, 3.05) is 13.7 Å². The number of carbonyl (C=O) groups is 1. The predicted molar refractivity (Wildman–Crippen MR) is 78.3 cm³/mol. The maximum atomic E-state index is 11.8. The van der Waals surface area contributed by atoms with E-state index in [0.29, 0.717) is 16.3 Å². The van der Waals surface area contributed by atoms with Gasteiger partial charge in [-0.15, -0.1) is 0 Å². The number of rotatable bonds is 4. The zero-order chi connectivity index (χ0) is 14.6. The second-order valence-corrected chi connectivity index (χ2v) is 5.09. The zero-order valence-electron chi connectivity index (χ0n) is 10.1. The lowest BCUT2D eigenvalue weighted by Crippen LogP contribution is -2.08. The first-order valence-electron chi connectivity index (χ1n) is 5.18. The summed E-state index contributed by atoms with van der Waals surface area (Å²) in [6, 6.07) is 2.91. The quantitative estimate of drug-likeness (QED) is 0.586. The van der Waals surface area contributed by atoms with Gasteiger partial charge in [0.2, 0.25) is 0 Å². The third kappa shape index (κ3) is 3.93. The maximum absolute atomic E-state index is 11.8. The molecule has 0 aliphatic heterocycles. The van der Waals surface area contributed by atoms with Crippen molar-refractivity contribution in [2.45, 2.75) is 6.92 Å². The van der Waals surface area contributed by atoms with Crippen LogP contribution in [0.4, 0.5) is 0 Å². The van der Waals surface area contributed by atoms with Crippen LogP contribution >= 0.6 is 46.4 Å². The third-order valence-electron chi connectivity index (χ3n) is 2.18. The normalized spacial score (nSPS) is 10.0. The lowest BCUT2D eigenvalue weighted by molar-refractivity contribution is -0.136. The molecule has 0 aliphatic rings. The van der Waals surface area contributed by atoms with E-state index < -0.39 is 5.97 Å². The summed E-state index contributed by atoms with van der Waals surface area (Å²) in [4.78, 5) is 11.8. The number of benzene rings is 1. The summed E-state index contributed by atoms with van der Waals surface area (Å²) in [5, 5.41) is 0.526. The molecule has 1 aromatic carbocycles. The van der Waals surface area contributed by atoms with Crippen LogP contribution in [0.5, 0.6) is 5.75 Å². The van der Waals surface area contributed by atoms with Crippen LogP contribution in [0.1, 0.15) is 12.5 Å². The Morgan fingerprint density at radius 3 is 2.32 bits per heavy atom. The van der Waals surface area contributed by atoms with Crippen molar-refractivity contribution in [2.24, 2.45) is 0 Å². The van der Waals surface area contributed by atoms with Crippen LogP contribution in [0, 0.1) is 0 Å². The van der Waals surface area contributed by atoms with Crippen LogP contribution in [0.15, 0.2) is 16.6 Å². The molecule has 0 spiro atoms. The van der Waals surface area contributed by atoms with E-state index in [1.165, 1.54) is 19.2 Å². The topological polar surface area (TPSA) is 35.5 Å². The van der Waals surface area contributed by atoms with Gasteiger partial charge in [-0.05, 0) is 19.1 Å². The summed E-state index contributed by atoms with van der Waals surface area (Å²) in [5.41, 5.74) is 0.256. The van der Waals surface area contributed by atoms with Crippen LogP contribution in [0.25, 0.3) is 5.57 Å². The smallest absolute Gasteiger partial charge is 0.341 e. The molecule has 7 heteroatoms. The lowest BCUT2D eigenvalue weighted by Gasteiger charge is -2.12. The largest absolute Gasteiger partial charge is 0.495 e. The van der Waals surface area contributed by atoms with Crippen molar-refractivity contribution < 1.29 is 14.3 Å². The van der Waals surface area contributed by atoms with Gasteiger partial charge in [0.1, 0.15) is 10.2 Å². The molecule has 1 rings (SSSR count). The first kappa shape index (κ1) is 16.4. The van der Waals surface area contributed by atoms with Crippen LogP contribution in [-0.4, -0.2) is 19.7 Å². The van der Waals surface area contributed by atoms with E-state index in [0.717, 1.165) is 0 Å². The molecule has 104 valence electrons. The fourth-order valence-corrected chi connectivity index (χ4v) is 2.28. The summed E-state index contributed by atoms with van der Waals surface area (Å²) >= 11 is 23.4. The first-order valence-corrected chi connectivity index (χ1v) is 6.69. The van der Waals surface area contributed by atoms with Gasteiger partial charge in [0.25, 0.3) is 0 Å². The summed E-state index contributed by atoms with van der Waals surface area (Å²) in [6.07, 6.45) is 0. The van der Waals surface area contributed by atoms with E-state index in [9.17, 15) is 4.79 Å². The molecule has 19 heavy (non-hydrogen) atoms. The van der Waals surface area contributed by atoms with Gasteiger partial charge in [-0.25, -0.2) is 4.79 Å². The van der Waals surface area contributed by atoms with E-state index in [4.69, 9.17) is 55.9 Å². The number of hydrogen-bond acceptors (Lipinski definition) is 3. The van der Waals surface area contributed by atoms with E-state index in [1.807, 2.05) is 0 Å². The molecule has 0 aliphatic carbocycles. The second-order valence-electron chi connectivity index (χ2n) is 3.32. The number of halogens is 4. The van der Waals surface area contributed by atoms with Gasteiger partial charge >= 0.3 is 5.97 Å². The van der Waals surface area contributed by atoms with Crippen molar-refractivity contribution in [3.63, 3.8) is 0 Å². The zero-order valence-corrected chi connectivity index (χ0v) is 13.1. The highest BCUT2D eigenvalue weighted by molar-refractivity contribution is 6.61. The number of hydrogen-bond donors (Lipinski definition) is 0. The molecular weight excluding hydrogens is 334 g/mol. The molecule has 3 nitrogen and oxygen atoms in total. The van der Waals surface area contributed by atoms with Gasteiger partial charge < -0.3 is 9.47 Å². The highest BCUT2D eigenvalue weighted by Gasteiger charge is 2.21. The van der Waals surface area contributed by atoms with Crippen LogP contribution in [0.3, 0.4) is 0 Å². The van der Waals surface area contributed by atoms with Crippen molar-refractivity contribution in [3.05, 3.63) is 32.2 Å². The highest BCUT2D eigenvalue weighted by Crippen LogP contribution is 2.37. The van der Waals surface area contributed by atoms with Gasteiger partial charge in [-0.3, -0.25) is 0 Å². The predicted octanol–water partition coefficient (Wildman–Crippen LogP) is 4.71. The van der Waals surface area contributed by atoms with Crippen molar-refractivity contribution in [1.29, 1.82) is 0 Å². The summed E-state index contributed by atoms with van der Waals surface area (Å²) in [5.74, 6) is -0.328. The van der Waals surface area contributed by atoms with Gasteiger partial charge in [-0.1, -0.05) is 46.4 Å². The van der Waals surface area contributed by atoms with E-state index >= 15 is 0 Å². The van der Waals surface area contributed by atoms with Gasteiger partial charge in [0.05, 0.1) is 29.3 Å². The molecule has 0 N–H and O–H groups in total. The first-order chi connectivity index (χ1) is 8.92. The Hall–Kier alpha value is -0.610. The fourth-order valence-electron chi connectivity index (χ4n) is 1.37. The number of ether oxygens (including phenoxy) is 2. The molecule has 0 saturated carbocycles. The molecule has 0 unspecified atom stereocenters. The second kappa shape index (κ2) is 7.25. The molecule has 0 atom stereocenters. The molecule has 0 fully saturated rings. The summed E-state index contributed by atoms with van der Waals surface area (Å²) < 4.78 is 9.69. The number of carbonyl (C=O) groups excluding carboxylic acids is 1. The molecule has 0 radical (unpaired) electrons. The number of esters is 1. The van der Waals surface area contributed by atoms with Crippen molar-refractivity contribution >= 4 is 57.9 Å². The Bertz CT molecular complexity index is 522. The molecule has 0 saturated heterocycles. The van der Waals surface area contributed by atoms with Crippen molar-refractivity contribution in [1.82, 2.24) is 0 Å². The number of methoxy groups -OCH3 is 1. The summed E-state index contributed by atoms with van der Waals surface area (Å²) in [6.45, 7) is 1.85. The minimum absolute atomic E-state index is 0.0369. The Kier molecular flexibility index (Phi) is 6.27. The standard InChI is InChI=1S/C12H10Cl4O3/c1-3-19-12(17)10(11(15)16)6-4-9(18-2)8(14)5-7(6)13/h4-5H,3H2,1-2H3. The molecule has 0 amide bonds. The highest BCUT2D eigenvalue weighted by atomic mass is 35.5. The lowest BCUT2D eigenvalue weighted by atomic mass is 10.1. The van der Waals surface area contributed by atoms with Crippen LogP contribution in [0.2, 0.25) is 10.0 Å². The van der Waals surface area contributed by atoms with Gasteiger partial charge in [0.15, 0.2) is 0 Å². The monoisotopic (exact) mass is 342 g/mol. The van der Waals surface area contributed by atoms with E-state index in [1.54, 1.807) is 6.92 Å². The molecule has 0 heterocycles. The van der Waals surface area contributed by atoms with E-state index in [-0.39, 0.29) is 21.7 Å². The average Bonchev–Trinajstić information content (AvgIpc) is 2.32. The summed E-state index contributed by atoms with van der Waals surface area (Å²) in [7, 11) is 1.44. The Balaban J connectivity index is 3.40.